The zero-order valence-electron chi connectivity index (χ0n) is 11.5. The zero-order valence-corrected chi connectivity index (χ0v) is 13.1. The van der Waals surface area contributed by atoms with E-state index in [1.54, 1.807) is 0 Å². The largest absolute Gasteiger partial charge is 0.868 e. The zero-order chi connectivity index (χ0) is 16.3. The molecule has 0 radical (unpaired) electrons. The number of benzene rings is 1. The fourth-order valence-electron chi connectivity index (χ4n) is 1.79. The number of thioether (sulfide) groups is 1. The van der Waals surface area contributed by atoms with Crippen LogP contribution in [0.4, 0.5) is 5.69 Å². The molecule has 1 aliphatic heterocycles. The molecule has 1 aliphatic rings. The molecule has 0 saturated carbocycles. The van der Waals surface area contributed by atoms with Gasteiger partial charge in [-0.15, -0.1) is 0 Å². The quantitative estimate of drug-likeness (QED) is 0.347. The van der Waals surface area contributed by atoms with Crippen LogP contribution in [-0.4, -0.2) is 40.3 Å². The number of amides is 1. The predicted octanol–water partition coefficient (Wildman–Crippen LogP) is 1.52. The van der Waals surface area contributed by atoms with Crippen molar-refractivity contribution in [3.63, 3.8) is 0 Å². The number of methoxy groups -OCH3 is 1. The van der Waals surface area contributed by atoms with Crippen molar-refractivity contribution in [2.24, 2.45) is 0 Å². The third-order valence-electron chi connectivity index (χ3n) is 2.87. The fourth-order valence-corrected chi connectivity index (χ4v) is 3.10. The smallest absolute Gasteiger partial charge is 0.266 e. The maximum atomic E-state index is 12.2. The fraction of sp³-hybridized carbons (Fsp3) is 0.231. The molecule has 0 atom stereocenters. The van der Waals surface area contributed by atoms with Crippen LogP contribution in [0.1, 0.15) is 5.56 Å². The highest BCUT2D eigenvalue weighted by Gasteiger charge is 2.31. The lowest BCUT2D eigenvalue weighted by Crippen LogP contribution is -2.31. The van der Waals surface area contributed by atoms with E-state index in [0.29, 0.717) is 27.9 Å². The molecule has 1 aromatic rings. The third kappa shape index (κ3) is 3.43. The summed E-state index contributed by atoms with van der Waals surface area (Å²) in [6.07, 6.45) is 1.48. The minimum atomic E-state index is -0.747. The summed E-state index contributed by atoms with van der Waals surface area (Å²) in [6, 6.07) is 3.68. The number of hydrogen-bond acceptors (Lipinski definition) is 7. The van der Waals surface area contributed by atoms with Gasteiger partial charge in [-0.25, -0.2) is 0 Å². The number of nitro groups is 1. The van der Waals surface area contributed by atoms with Crippen molar-refractivity contribution < 1.29 is 19.6 Å². The summed E-state index contributed by atoms with van der Waals surface area (Å²) in [5.41, 5.74) is -0.123. The van der Waals surface area contributed by atoms with Crippen LogP contribution in [0.2, 0.25) is 0 Å². The van der Waals surface area contributed by atoms with Crippen molar-refractivity contribution in [1.29, 1.82) is 0 Å². The van der Waals surface area contributed by atoms with Crippen molar-refractivity contribution in [3.05, 3.63) is 38.8 Å². The monoisotopic (exact) mass is 339 g/mol. The first kappa shape index (κ1) is 16.4. The van der Waals surface area contributed by atoms with Gasteiger partial charge < -0.3 is 9.84 Å². The van der Waals surface area contributed by atoms with Gasteiger partial charge in [-0.1, -0.05) is 36.1 Å². The first-order chi connectivity index (χ1) is 10.4. The SMILES string of the molecule is COCCN1C(=O)/C(=C/c2ccc([O-])c([N+](=O)[O-])c2)SC1=S. The summed E-state index contributed by atoms with van der Waals surface area (Å²) in [5.74, 6) is -0.948. The molecular formula is C13H11N2O5S2-. The van der Waals surface area contributed by atoms with Gasteiger partial charge in [-0.05, 0) is 17.4 Å². The number of ether oxygens (including phenoxy) is 1. The van der Waals surface area contributed by atoms with Crippen molar-refractivity contribution in [3.8, 4) is 5.75 Å². The molecule has 0 aromatic heterocycles. The highest BCUT2D eigenvalue weighted by molar-refractivity contribution is 8.26. The maximum Gasteiger partial charge on any atom is 0.266 e. The summed E-state index contributed by atoms with van der Waals surface area (Å²) in [7, 11) is 1.52. The van der Waals surface area contributed by atoms with Gasteiger partial charge in [-0.3, -0.25) is 19.8 Å². The molecular weight excluding hydrogens is 328 g/mol. The van der Waals surface area contributed by atoms with E-state index in [9.17, 15) is 20.0 Å². The van der Waals surface area contributed by atoms with Crippen LogP contribution in [-0.2, 0) is 9.53 Å². The predicted molar refractivity (Wildman–Crippen MR) is 84.3 cm³/mol. The van der Waals surface area contributed by atoms with Crippen molar-refractivity contribution >= 4 is 46.0 Å². The van der Waals surface area contributed by atoms with E-state index in [1.807, 2.05) is 0 Å². The van der Waals surface area contributed by atoms with Crippen LogP contribution in [0.5, 0.6) is 5.75 Å². The van der Waals surface area contributed by atoms with Crippen LogP contribution < -0.4 is 5.11 Å². The minimum Gasteiger partial charge on any atom is -0.868 e. The molecule has 0 N–H and O–H groups in total. The molecule has 2 rings (SSSR count). The summed E-state index contributed by atoms with van der Waals surface area (Å²) < 4.78 is 5.32. The molecule has 1 fully saturated rings. The van der Waals surface area contributed by atoms with Crippen LogP contribution >= 0.6 is 24.0 Å². The van der Waals surface area contributed by atoms with E-state index < -0.39 is 16.4 Å². The Bertz CT molecular complexity index is 674. The summed E-state index contributed by atoms with van der Waals surface area (Å²) in [4.78, 5) is 24.0. The summed E-state index contributed by atoms with van der Waals surface area (Å²) in [6.45, 7) is 0.703. The molecule has 7 nitrogen and oxygen atoms in total. The van der Waals surface area contributed by atoms with Crippen LogP contribution in [0.25, 0.3) is 6.08 Å². The Kier molecular flexibility index (Phi) is 5.11. The van der Waals surface area contributed by atoms with Gasteiger partial charge in [0.1, 0.15) is 4.32 Å². The second-order valence-corrected chi connectivity index (χ2v) is 5.99. The topological polar surface area (TPSA) is 95.7 Å². The normalized spacial score (nSPS) is 16.6. The van der Waals surface area contributed by atoms with Gasteiger partial charge in [0.05, 0.1) is 23.0 Å². The minimum absolute atomic E-state index is 0.277. The van der Waals surface area contributed by atoms with Crippen LogP contribution in [0.3, 0.4) is 0 Å². The van der Waals surface area contributed by atoms with Gasteiger partial charge >= 0.3 is 0 Å². The molecule has 1 saturated heterocycles. The molecule has 116 valence electrons. The number of carbonyl (C=O) groups excluding carboxylic acids is 1. The van der Waals surface area contributed by atoms with Gasteiger partial charge in [-0.2, -0.15) is 0 Å². The molecule has 0 unspecified atom stereocenters. The van der Waals surface area contributed by atoms with E-state index in [-0.39, 0.29) is 5.91 Å². The number of nitro benzene ring substituents is 1. The molecule has 1 amide bonds. The number of nitrogens with zero attached hydrogens (tertiary/aromatic N) is 2. The average Bonchev–Trinajstić information content (AvgIpc) is 2.73. The summed E-state index contributed by atoms with van der Waals surface area (Å²) in [5, 5.41) is 22.1. The highest BCUT2D eigenvalue weighted by atomic mass is 32.2. The summed E-state index contributed by atoms with van der Waals surface area (Å²) >= 11 is 6.24. The number of rotatable bonds is 5. The Morgan fingerprint density at radius 1 is 1.50 bits per heavy atom. The lowest BCUT2D eigenvalue weighted by Gasteiger charge is -2.12. The molecule has 9 heteroatoms. The Hall–Kier alpha value is -1.97. The molecule has 1 heterocycles. The van der Waals surface area contributed by atoms with E-state index >= 15 is 0 Å². The first-order valence-corrected chi connectivity index (χ1v) is 7.36. The van der Waals surface area contributed by atoms with Gasteiger partial charge in [0.15, 0.2) is 0 Å². The number of thiocarbonyl (C=S) groups is 1. The van der Waals surface area contributed by atoms with Gasteiger partial charge in [0, 0.05) is 13.2 Å². The molecule has 0 spiro atoms. The Balaban J connectivity index is 2.27. The van der Waals surface area contributed by atoms with Gasteiger partial charge in [0.25, 0.3) is 11.6 Å². The molecule has 0 bridgehead atoms. The van der Waals surface area contributed by atoms with E-state index in [4.69, 9.17) is 17.0 Å². The average molecular weight is 339 g/mol. The second-order valence-electron chi connectivity index (χ2n) is 4.31. The van der Waals surface area contributed by atoms with Crippen molar-refractivity contribution in [2.75, 3.05) is 20.3 Å². The second kappa shape index (κ2) is 6.86. The van der Waals surface area contributed by atoms with Gasteiger partial charge in [0.2, 0.25) is 0 Å². The first-order valence-electron chi connectivity index (χ1n) is 6.14. The van der Waals surface area contributed by atoms with Crippen LogP contribution in [0.15, 0.2) is 23.1 Å². The Labute approximate surface area is 135 Å². The molecule has 1 aromatic carbocycles. The van der Waals surface area contributed by atoms with E-state index in [0.717, 1.165) is 23.9 Å². The Morgan fingerprint density at radius 2 is 2.23 bits per heavy atom. The third-order valence-corrected chi connectivity index (χ3v) is 4.25. The number of hydrogen-bond donors (Lipinski definition) is 0. The van der Waals surface area contributed by atoms with E-state index in [2.05, 4.69) is 0 Å². The maximum absolute atomic E-state index is 12.2. The molecule has 22 heavy (non-hydrogen) atoms. The number of carbonyl (C=O) groups is 1. The highest BCUT2D eigenvalue weighted by Crippen LogP contribution is 2.33. The van der Waals surface area contributed by atoms with Crippen molar-refractivity contribution in [2.45, 2.75) is 0 Å². The Morgan fingerprint density at radius 3 is 2.86 bits per heavy atom. The van der Waals surface area contributed by atoms with E-state index in [1.165, 1.54) is 24.2 Å². The lowest BCUT2D eigenvalue weighted by molar-refractivity contribution is -0.398. The molecule has 0 aliphatic carbocycles. The van der Waals surface area contributed by atoms with Crippen molar-refractivity contribution in [1.82, 2.24) is 4.90 Å². The lowest BCUT2D eigenvalue weighted by atomic mass is 10.1. The standard InChI is InChI=1S/C13H12N2O5S2/c1-20-5-4-14-12(17)11(22-13(14)21)7-8-2-3-10(16)9(6-8)15(18)19/h2-3,6-7,16H,4-5H2,1H3/p-1/b11-7-. The van der Waals surface area contributed by atoms with Crippen LogP contribution in [0, 0.1) is 10.1 Å².